The van der Waals surface area contributed by atoms with Gasteiger partial charge in [0.15, 0.2) is 6.10 Å². The van der Waals surface area contributed by atoms with E-state index in [1.165, 1.54) is 12.1 Å². The molecule has 0 aliphatic carbocycles. The number of hydrogen-bond acceptors (Lipinski definition) is 4. The maximum atomic E-state index is 13.3. The molecule has 2 aromatic carbocycles. The summed E-state index contributed by atoms with van der Waals surface area (Å²) in [6.07, 6.45) is -3.97. The quantitative estimate of drug-likeness (QED) is 0.523. The van der Waals surface area contributed by atoms with Crippen molar-refractivity contribution in [2.45, 2.75) is 39.0 Å². The molecule has 1 amide bonds. The minimum atomic E-state index is -4.62. The van der Waals surface area contributed by atoms with Gasteiger partial charge in [-0.1, -0.05) is 26.0 Å². The van der Waals surface area contributed by atoms with Gasteiger partial charge in [0.1, 0.15) is 11.5 Å². The summed E-state index contributed by atoms with van der Waals surface area (Å²) in [5.41, 5.74) is -0.216. The summed E-state index contributed by atoms with van der Waals surface area (Å²) in [6.45, 7) is 4.17. The molecule has 2 N–H and O–H groups in total. The van der Waals surface area contributed by atoms with Gasteiger partial charge < -0.3 is 20.2 Å². The van der Waals surface area contributed by atoms with E-state index in [4.69, 9.17) is 14.9 Å². The molecule has 2 aromatic rings. The minimum Gasteiger partial charge on any atom is -0.497 e. The summed E-state index contributed by atoms with van der Waals surface area (Å²) < 4.78 is 50.5. The highest BCUT2D eigenvalue weighted by atomic mass is 19.4. The van der Waals surface area contributed by atoms with Gasteiger partial charge in [0.25, 0.3) is 5.91 Å². The lowest BCUT2D eigenvalue weighted by molar-refractivity contribution is -0.137. The third-order valence-corrected chi connectivity index (χ3v) is 4.61. The van der Waals surface area contributed by atoms with Gasteiger partial charge in [-0.15, -0.1) is 0 Å². The van der Waals surface area contributed by atoms with Crippen molar-refractivity contribution in [1.82, 2.24) is 5.32 Å². The van der Waals surface area contributed by atoms with Crippen LogP contribution in [0.1, 0.15) is 37.0 Å². The third kappa shape index (κ3) is 7.31. The first-order chi connectivity index (χ1) is 14.6. The molecule has 2 rings (SSSR count). The standard InChI is InChI=1S/C23H27F3N2O3/c1-15(2)12-21(22(29)28-11-10-16-4-7-18(30-3)8-5-16)31-19-9-6-17(14-27)20(13-19)23(24,25)26/h4-9,13-15,21,27H,10-12H2,1-3H3,(H,28,29). The molecule has 5 nitrogen and oxygen atoms in total. The summed E-state index contributed by atoms with van der Waals surface area (Å²) in [5.74, 6) is 0.395. The molecule has 0 aliphatic heterocycles. The van der Waals surface area contributed by atoms with E-state index in [2.05, 4.69) is 5.32 Å². The van der Waals surface area contributed by atoms with Gasteiger partial charge in [-0.3, -0.25) is 4.79 Å². The Labute approximate surface area is 180 Å². The predicted molar refractivity (Wildman–Crippen MR) is 113 cm³/mol. The van der Waals surface area contributed by atoms with Crippen LogP contribution in [0.3, 0.4) is 0 Å². The van der Waals surface area contributed by atoms with Gasteiger partial charge in [-0.05, 0) is 54.7 Å². The van der Waals surface area contributed by atoms with E-state index in [9.17, 15) is 18.0 Å². The summed E-state index contributed by atoms with van der Waals surface area (Å²) >= 11 is 0. The molecule has 0 spiro atoms. The zero-order valence-corrected chi connectivity index (χ0v) is 17.8. The van der Waals surface area contributed by atoms with Crippen molar-refractivity contribution in [3.05, 3.63) is 59.2 Å². The molecule has 1 unspecified atom stereocenters. The number of carbonyl (C=O) groups is 1. The van der Waals surface area contributed by atoms with E-state index >= 15 is 0 Å². The number of methoxy groups -OCH3 is 1. The van der Waals surface area contributed by atoms with E-state index in [1.54, 1.807) is 7.11 Å². The Kier molecular flexibility index (Phi) is 8.47. The number of nitrogens with one attached hydrogen (secondary N) is 2. The van der Waals surface area contributed by atoms with Gasteiger partial charge in [0.2, 0.25) is 0 Å². The Morgan fingerprint density at radius 1 is 1.13 bits per heavy atom. The first kappa shape index (κ1) is 24.2. The van der Waals surface area contributed by atoms with Gasteiger partial charge in [-0.2, -0.15) is 13.2 Å². The number of benzene rings is 2. The molecule has 0 saturated heterocycles. The second kappa shape index (κ2) is 10.8. The molecule has 0 aromatic heterocycles. The molecular formula is C23H27F3N2O3. The van der Waals surface area contributed by atoms with E-state index < -0.39 is 17.8 Å². The zero-order chi connectivity index (χ0) is 23.0. The molecule has 168 valence electrons. The van der Waals surface area contributed by atoms with Gasteiger partial charge in [-0.25, -0.2) is 0 Å². The number of halogens is 3. The van der Waals surface area contributed by atoms with Crippen LogP contribution < -0.4 is 14.8 Å². The molecule has 1 atom stereocenters. The SMILES string of the molecule is COc1ccc(CCNC(=O)C(CC(C)C)Oc2ccc(C=N)c(C(F)(F)F)c2)cc1. The molecule has 8 heteroatoms. The summed E-state index contributed by atoms with van der Waals surface area (Å²) in [7, 11) is 1.58. The molecule has 0 heterocycles. The van der Waals surface area contributed by atoms with Gasteiger partial charge in [0.05, 0.1) is 12.7 Å². The fourth-order valence-corrected chi connectivity index (χ4v) is 3.02. The van der Waals surface area contributed by atoms with Crippen LogP contribution in [0.2, 0.25) is 0 Å². The summed E-state index contributed by atoms with van der Waals surface area (Å²) in [5, 5.41) is 9.97. The second-order valence-corrected chi connectivity index (χ2v) is 7.52. The number of alkyl halides is 3. The Morgan fingerprint density at radius 3 is 2.32 bits per heavy atom. The first-order valence-electron chi connectivity index (χ1n) is 9.93. The summed E-state index contributed by atoms with van der Waals surface area (Å²) in [4.78, 5) is 12.7. The van der Waals surface area contributed by atoms with Crippen molar-refractivity contribution >= 4 is 12.1 Å². The lowest BCUT2D eigenvalue weighted by atomic mass is 10.0. The van der Waals surface area contributed by atoms with E-state index in [0.717, 1.165) is 17.4 Å². The Bertz CT molecular complexity index is 881. The number of hydrogen-bond donors (Lipinski definition) is 2. The van der Waals surface area contributed by atoms with Crippen molar-refractivity contribution in [2.24, 2.45) is 5.92 Å². The lowest BCUT2D eigenvalue weighted by Gasteiger charge is -2.21. The topological polar surface area (TPSA) is 71.4 Å². The average molecular weight is 436 g/mol. The highest BCUT2D eigenvalue weighted by Crippen LogP contribution is 2.34. The fourth-order valence-electron chi connectivity index (χ4n) is 3.02. The number of ether oxygens (including phenoxy) is 2. The predicted octanol–water partition coefficient (Wildman–Crippen LogP) is 4.86. The van der Waals surface area contributed by atoms with Crippen LogP contribution in [0.25, 0.3) is 0 Å². The highest BCUT2D eigenvalue weighted by molar-refractivity contribution is 5.82. The van der Waals surface area contributed by atoms with E-state index in [-0.39, 0.29) is 23.1 Å². The van der Waals surface area contributed by atoms with Crippen LogP contribution in [0.5, 0.6) is 11.5 Å². The molecule has 0 aliphatic rings. The minimum absolute atomic E-state index is 0.0612. The molecule has 31 heavy (non-hydrogen) atoms. The normalized spacial score (nSPS) is 12.4. The fraction of sp³-hybridized carbons (Fsp3) is 0.391. The van der Waals surface area contributed by atoms with Crippen LogP contribution in [0.15, 0.2) is 42.5 Å². The second-order valence-electron chi connectivity index (χ2n) is 7.52. The monoisotopic (exact) mass is 436 g/mol. The van der Waals surface area contributed by atoms with Gasteiger partial charge in [0, 0.05) is 18.3 Å². The van der Waals surface area contributed by atoms with Gasteiger partial charge >= 0.3 is 6.18 Å². The van der Waals surface area contributed by atoms with Crippen molar-refractivity contribution in [1.29, 1.82) is 5.41 Å². The van der Waals surface area contributed by atoms with E-state index in [0.29, 0.717) is 25.6 Å². The number of amides is 1. The summed E-state index contributed by atoms with van der Waals surface area (Å²) in [6, 6.07) is 10.8. The smallest absolute Gasteiger partial charge is 0.417 e. The Hall–Kier alpha value is -3.03. The number of carbonyl (C=O) groups excluding carboxylic acids is 1. The van der Waals surface area contributed by atoms with E-state index in [1.807, 2.05) is 38.1 Å². The molecule has 0 fully saturated rings. The molecule has 0 radical (unpaired) electrons. The molecule has 0 bridgehead atoms. The highest BCUT2D eigenvalue weighted by Gasteiger charge is 2.34. The van der Waals surface area contributed by atoms with Crippen LogP contribution in [-0.4, -0.2) is 31.9 Å². The maximum absolute atomic E-state index is 13.3. The van der Waals surface area contributed by atoms with Crippen molar-refractivity contribution < 1.29 is 27.4 Å². The van der Waals surface area contributed by atoms with Crippen LogP contribution in [0, 0.1) is 11.3 Å². The third-order valence-electron chi connectivity index (χ3n) is 4.61. The molecular weight excluding hydrogens is 409 g/mol. The number of rotatable bonds is 10. The van der Waals surface area contributed by atoms with Crippen LogP contribution in [-0.2, 0) is 17.4 Å². The Balaban J connectivity index is 2.06. The maximum Gasteiger partial charge on any atom is 0.417 e. The van der Waals surface area contributed by atoms with Crippen molar-refractivity contribution in [3.8, 4) is 11.5 Å². The first-order valence-corrected chi connectivity index (χ1v) is 9.93. The average Bonchev–Trinajstić information content (AvgIpc) is 2.72. The van der Waals surface area contributed by atoms with Crippen molar-refractivity contribution in [2.75, 3.05) is 13.7 Å². The van der Waals surface area contributed by atoms with Crippen LogP contribution >= 0.6 is 0 Å². The Morgan fingerprint density at radius 2 is 1.77 bits per heavy atom. The van der Waals surface area contributed by atoms with Crippen molar-refractivity contribution in [3.63, 3.8) is 0 Å². The lowest BCUT2D eigenvalue weighted by Crippen LogP contribution is -2.40. The van der Waals surface area contributed by atoms with Crippen LogP contribution in [0.4, 0.5) is 13.2 Å². The zero-order valence-electron chi connectivity index (χ0n) is 17.8. The molecule has 0 saturated carbocycles. The largest absolute Gasteiger partial charge is 0.497 e.